The van der Waals surface area contributed by atoms with E-state index in [1.54, 1.807) is 31.6 Å². The molecule has 0 radical (unpaired) electrons. The number of nitrogens with zero attached hydrogens (tertiary/aromatic N) is 3. The molecule has 2 N–H and O–H groups in total. The summed E-state index contributed by atoms with van der Waals surface area (Å²) in [5.74, 6) is -0.0106. The van der Waals surface area contributed by atoms with Gasteiger partial charge in [-0.25, -0.2) is 4.98 Å². The Morgan fingerprint density at radius 2 is 1.78 bits per heavy atom. The van der Waals surface area contributed by atoms with E-state index in [1.807, 2.05) is 48.5 Å². The fraction of sp³-hybridized carbons (Fsp3) is 0.241. The molecular weight excluding hydrogens is 466 g/mol. The largest absolute Gasteiger partial charge is 0.497 e. The van der Waals surface area contributed by atoms with Gasteiger partial charge in [0.25, 0.3) is 5.91 Å². The van der Waals surface area contributed by atoms with Gasteiger partial charge in [0.2, 0.25) is 5.91 Å². The normalized spacial score (nSPS) is 12.0. The highest BCUT2D eigenvalue weighted by molar-refractivity contribution is 6.09. The van der Waals surface area contributed by atoms with Crippen LogP contribution in [-0.4, -0.2) is 33.9 Å². The molecule has 0 saturated carbocycles. The minimum atomic E-state index is -0.975. The number of carbonyl (C=O) groups excluding carboxylic acids is 2. The zero-order chi connectivity index (χ0) is 26.4. The van der Waals surface area contributed by atoms with Crippen molar-refractivity contribution in [1.82, 2.24) is 20.3 Å². The Bertz CT molecular complexity index is 1310. The van der Waals surface area contributed by atoms with E-state index in [0.29, 0.717) is 11.3 Å². The molecule has 0 aliphatic rings. The van der Waals surface area contributed by atoms with Crippen molar-refractivity contribution >= 4 is 17.5 Å². The van der Waals surface area contributed by atoms with Crippen molar-refractivity contribution in [1.29, 1.82) is 0 Å². The molecule has 4 aromatic rings. The van der Waals surface area contributed by atoms with E-state index in [-0.39, 0.29) is 23.6 Å². The zero-order valence-electron chi connectivity index (χ0n) is 21.4. The second-order valence-corrected chi connectivity index (χ2v) is 9.68. The van der Waals surface area contributed by atoms with Gasteiger partial charge in [-0.05, 0) is 46.9 Å². The average molecular weight is 498 g/mol. The Morgan fingerprint density at radius 1 is 1.05 bits per heavy atom. The number of imidazole rings is 1. The molecule has 2 aromatic heterocycles. The van der Waals surface area contributed by atoms with E-state index in [9.17, 15) is 9.59 Å². The first-order valence-electron chi connectivity index (χ1n) is 12.0. The van der Waals surface area contributed by atoms with Crippen molar-refractivity contribution in [2.24, 2.45) is 0 Å². The van der Waals surface area contributed by atoms with Crippen LogP contribution in [0.25, 0.3) is 0 Å². The number of hydrogen-bond donors (Lipinski definition) is 2. The Kier molecular flexibility index (Phi) is 7.67. The standard InChI is InChI=1S/C29H31N5O3/c1-29(2,3)22-9-11-23(12-10-22)34(28(36)25-18-31-19-33-25)26(21-6-5-15-30-17-21)27(35)32-16-20-7-13-24(37-4)14-8-20/h5-15,17-19,26H,16H2,1-4H3,(H,31,33)(H,32,35). The summed E-state index contributed by atoms with van der Waals surface area (Å²) < 4.78 is 5.22. The Balaban J connectivity index is 1.73. The van der Waals surface area contributed by atoms with Gasteiger partial charge < -0.3 is 15.0 Å². The van der Waals surface area contributed by atoms with Crippen LogP contribution in [0.4, 0.5) is 5.69 Å². The van der Waals surface area contributed by atoms with Gasteiger partial charge in [-0.15, -0.1) is 0 Å². The summed E-state index contributed by atoms with van der Waals surface area (Å²) in [7, 11) is 1.61. The number of benzene rings is 2. The molecule has 2 aromatic carbocycles. The molecular formula is C29H31N5O3. The predicted octanol–water partition coefficient (Wildman–Crippen LogP) is 4.82. The lowest BCUT2D eigenvalue weighted by molar-refractivity contribution is -0.122. The molecule has 190 valence electrons. The van der Waals surface area contributed by atoms with Crippen molar-refractivity contribution in [2.75, 3.05) is 12.0 Å². The van der Waals surface area contributed by atoms with Crippen molar-refractivity contribution < 1.29 is 14.3 Å². The van der Waals surface area contributed by atoms with Crippen LogP contribution in [0.2, 0.25) is 0 Å². The molecule has 2 heterocycles. The van der Waals surface area contributed by atoms with Crippen LogP contribution in [0.5, 0.6) is 5.75 Å². The number of aromatic amines is 1. The third-order valence-corrected chi connectivity index (χ3v) is 6.08. The van der Waals surface area contributed by atoms with E-state index in [4.69, 9.17) is 4.74 Å². The summed E-state index contributed by atoms with van der Waals surface area (Å²) in [4.78, 5) is 40.2. The Morgan fingerprint density at radius 3 is 2.35 bits per heavy atom. The molecule has 0 aliphatic heterocycles. The molecule has 4 rings (SSSR count). The second-order valence-electron chi connectivity index (χ2n) is 9.68. The van der Waals surface area contributed by atoms with E-state index in [0.717, 1.165) is 16.9 Å². The van der Waals surface area contributed by atoms with Gasteiger partial charge in [-0.1, -0.05) is 51.1 Å². The maximum Gasteiger partial charge on any atom is 0.279 e. The van der Waals surface area contributed by atoms with Crippen molar-refractivity contribution in [3.8, 4) is 5.75 Å². The summed E-state index contributed by atoms with van der Waals surface area (Å²) in [5.41, 5.74) is 3.32. The lowest BCUT2D eigenvalue weighted by Gasteiger charge is -2.31. The summed E-state index contributed by atoms with van der Waals surface area (Å²) in [6.45, 7) is 6.66. The third-order valence-electron chi connectivity index (χ3n) is 6.08. The van der Waals surface area contributed by atoms with E-state index in [2.05, 4.69) is 41.0 Å². The number of anilines is 1. The van der Waals surface area contributed by atoms with Crippen LogP contribution in [-0.2, 0) is 16.8 Å². The maximum absolute atomic E-state index is 13.8. The maximum atomic E-state index is 13.8. The van der Waals surface area contributed by atoms with Gasteiger partial charge in [-0.3, -0.25) is 19.5 Å². The first kappa shape index (κ1) is 25.6. The summed E-state index contributed by atoms with van der Waals surface area (Å²) in [5, 5.41) is 2.99. The monoisotopic (exact) mass is 497 g/mol. The van der Waals surface area contributed by atoms with Crippen molar-refractivity contribution in [3.63, 3.8) is 0 Å². The lowest BCUT2D eigenvalue weighted by atomic mass is 9.87. The fourth-order valence-electron chi connectivity index (χ4n) is 3.99. The number of nitrogens with one attached hydrogen (secondary N) is 2. The Hall–Kier alpha value is -4.46. The summed E-state index contributed by atoms with van der Waals surface area (Å²) >= 11 is 0. The van der Waals surface area contributed by atoms with Crippen molar-refractivity contribution in [2.45, 2.75) is 38.8 Å². The molecule has 8 heteroatoms. The fourth-order valence-corrected chi connectivity index (χ4v) is 3.99. The number of rotatable bonds is 8. The van der Waals surface area contributed by atoms with Crippen LogP contribution in [0.3, 0.4) is 0 Å². The van der Waals surface area contributed by atoms with Gasteiger partial charge >= 0.3 is 0 Å². The molecule has 2 amide bonds. The number of methoxy groups -OCH3 is 1. The quantitative estimate of drug-likeness (QED) is 0.364. The highest BCUT2D eigenvalue weighted by Gasteiger charge is 2.34. The van der Waals surface area contributed by atoms with E-state index < -0.39 is 11.9 Å². The van der Waals surface area contributed by atoms with Crippen LogP contribution in [0.15, 0.2) is 85.6 Å². The molecule has 1 unspecified atom stereocenters. The highest BCUT2D eigenvalue weighted by Crippen LogP contribution is 2.31. The molecule has 0 fully saturated rings. The molecule has 37 heavy (non-hydrogen) atoms. The average Bonchev–Trinajstić information content (AvgIpc) is 3.46. The highest BCUT2D eigenvalue weighted by atomic mass is 16.5. The number of hydrogen-bond acceptors (Lipinski definition) is 5. The third kappa shape index (κ3) is 6.03. The molecule has 0 spiro atoms. The topological polar surface area (TPSA) is 100 Å². The summed E-state index contributed by atoms with van der Waals surface area (Å²) in [6, 6.07) is 17.7. The number of ether oxygens (including phenoxy) is 1. The van der Waals surface area contributed by atoms with Gasteiger partial charge in [0.15, 0.2) is 0 Å². The molecule has 0 bridgehead atoms. The minimum Gasteiger partial charge on any atom is -0.497 e. The first-order valence-corrected chi connectivity index (χ1v) is 12.0. The number of pyridine rings is 1. The van der Waals surface area contributed by atoms with Gasteiger partial charge in [0, 0.05) is 36.4 Å². The van der Waals surface area contributed by atoms with Crippen LogP contribution in [0, 0.1) is 0 Å². The van der Waals surface area contributed by atoms with Crippen LogP contribution < -0.4 is 15.0 Å². The van der Waals surface area contributed by atoms with Crippen LogP contribution in [0.1, 0.15) is 54.0 Å². The van der Waals surface area contributed by atoms with Gasteiger partial charge in [0.05, 0.1) is 13.4 Å². The molecule has 0 saturated heterocycles. The Labute approximate surface area is 216 Å². The van der Waals surface area contributed by atoms with Crippen LogP contribution >= 0.6 is 0 Å². The predicted molar refractivity (Wildman–Crippen MR) is 142 cm³/mol. The summed E-state index contributed by atoms with van der Waals surface area (Å²) in [6.07, 6.45) is 6.20. The number of amides is 2. The molecule has 1 atom stereocenters. The first-order chi connectivity index (χ1) is 17.8. The number of H-pyrrole nitrogens is 1. The van der Waals surface area contributed by atoms with Gasteiger partial charge in [-0.2, -0.15) is 0 Å². The molecule has 8 nitrogen and oxygen atoms in total. The lowest BCUT2D eigenvalue weighted by Crippen LogP contribution is -2.44. The van der Waals surface area contributed by atoms with E-state index >= 15 is 0 Å². The SMILES string of the molecule is COc1ccc(CNC(=O)C(c2cccnc2)N(C(=O)c2c[nH]cn2)c2ccc(C(C)(C)C)cc2)cc1. The molecule has 0 aliphatic carbocycles. The smallest absolute Gasteiger partial charge is 0.279 e. The number of carbonyl (C=O) groups is 2. The zero-order valence-corrected chi connectivity index (χ0v) is 21.4. The number of aromatic nitrogens is 3. The van der Waals surface area contributed by atoms with E-state index in [1.165, 1.54) is 17.4 Å². The van der Waals surface area contributed by atoms with Crippen molar-refractivity contribution in [3.05, 3.63) is 108 Å². The minimum absolute atomic E-state index is 0.0615. The second kappa shape index (κ2) is 11.1. The van der Waals surface area contributed by atoms with Gasteiger partial charge in [0.1, 0.15) is 17.5 Å².